The van der Waals surface area contributed by atoms with E-state index in [2.05, 4.69) is 41.3 Å². The number of sulfone groups is 1. The maximum absolute atomic E-state index is 11.5. The van der Waals surface area contributed by atoms with Gasteiger partial charge in [0.15, 0.2) is 15.8 Å². The Kier molecular flexibility index (Phi) is 8.92. The van der Waals surface area contributed by atoms with Crippen molar-refractivity contribution in [2.75, 3.05) is 39.5 Å². The number of rotatable bonds is 9. The molecule has 0 unspecified atom stereocenters. The van der Waals surface area contributed by atoms with Gasteiger partial charge in [0.05, 0.1) is 4.90 Å². The molecule has 0 bridgehead atoms. The predicted molar refractivity (Wildman–Crippen MR) is 105 cm³/mol. The van der Waals surface area contributed by atoms with Crippen molar-refractivity contribution in [2.45, 2.75) is 38.1 Å². The van der Waals surface area contributed by atoms with Gasteiger partial charge in [-0.05, 0) is 44.5 Å². The summed E-state index contributed by atoms with van der Waals surface area (Å²) in [6, 6.07) is 7.56. The van der Waals surface area contributed by atoms with E-state index in [1.54, 1.807) is 19.2 Å². The SMILES string of the molecule is CCN(CCNC(=NC)NCCc1ccc(S(C)(=O)=O)cc1)C(C)C. The molecule has 6 nitrogen and oxygen atoms in total. The molecule has 0 saturated carbocycles. The molecule has 142 valence electrons. The number of hydrogen-bond donors (Lipinski definition) is 2. The lowest BCUT2D eigenvalue weighted by Crippen LogP contribution is -2.43. The van der Waals surface area contributed by atoms with Gasteiger partial charge >= 0.3 is 0 Å². The van der Waals surface area contributed by atoms with Gasteiger partial charge in [-0.3, -0.25) is 9.89 Å². The van der Waals surface area contributed by atoms with Gasteiger partial charge in [0.25, 0.3) is 0 Å². The Morgan fingerprint density at radius 2 is 1.76 bits per heavy atom. The van der Waals surface area contributed by atoms with E-state index in [1.165, 1.54) is 6.26 Å². The van der Waals surface area contributed by atoms with Crippen LogP contribution in [0.25, 0.3) is 0 Å². The standard InChI is InChI=1S/C18H32N4O2S/c1-6-22(15(2)3)14-13-21-18(19-4)20-12-11-16-7-9-17(10-8-16)25(5,23)24/h7-10,15H,6,11-14H2,1-5H3,(H2,19,20,21). The molecule has 0 aromatic heterocycles. The monoisotopic (exact) mass is 368 g/mol. The summed E-state index contributed by atoms with van der Waals surface area (Å²) in [6.07, 6.45) is 2.02. The fourth-order valence-corrected chi connectivity index (χ4v) is 3.18. The molecule has 2 N–H and O–H groups in total. The number of aliphatic imine (C=N–C) groups is 1. The minimum Gasteiger partial charge on any atom is -0.356 e. The first-order chi connectivity index (χ1) is 11.8. The molecule has 0 aliphatic carbocycles. The summed E-state index contributed by atoms with van der Waals surface area (Å²) >= 11 is 0. The van der Waals surface area contributed by atoms with Crippen LogP contribution in [0.1, 0.15) is 26.3 Å². The Bertz CT molecular complexity index is 640. The maximum Gasteiger partial charge on any atom is 0.191 e. The van der Waals surface area contributed by atoms with Crippen molar-refractivity contribution < 1.29 is 8.42 Å². The number of benzene rings is 1. The second-order valence-corrected chi connectivity index (χ2v) is 8.33. The molecule has 0 saturated heterocycles. The third kappa shape index (κ3) is 7.88. The van der Waals surface area contributed by atoms with Crippen molar-refractivity contribution in [1.82, 2.24) is 15.5 Å². The molecule has 0 spiro atoms. The molecule has 0 atom stereocenters. The van der Waals surface area contributed by atoms with Crippen LogP contribution in [0.4, 0.5) is 0 Å². The zero-order valence-corrected chi connectivity index (χ0v) is 16.9. The number of likely N-dealkylation sites (N-methyl/N-ethyl adjacent to an activating group) is 1. The van der Waals surface area contributed by atoms with Crippen LogP contribution in [-0.2, 0) is 16.3 Å². The van der Waals surface area contributed by atoms with Crippen molar-refractivity contribution in [3.63, 3.8) is 0 Å². The van der Waals surface area contributed by atoms with E-state index in [1.807, 2.05) is 12.1 Å². The lowest BCUT2D eigenvalue weighted by Gasteiger charge is -2.25. The van der Waals surface area contributed by atoms with Crippen LogP contribution >= 0.6 is 0 Å². The molecule has 0 fully saturated rings. The molecule has 0 heterocycles. The van der Waals surface area contributed by atoms with Crippen LogP contribution in [0, 0.1) is 0 Å². The molecule has 1 rings (SSSR count). The molecule has 1 aromatic rings. The van der Waals surface area contributed by atoms with Gasteiger partial charge in [0, 0.05) is 39.0 Å². The lowest BCUT2D eigenvalue weighted by atomic mass is 10.1. The summed E-state index contributed by atoms with van der Waals surface area (Å²) in [7, 11) is -1.37. The molecular formula is C18H32N4O2S. The highest BCUT2D eigenvalue weighted by Crippen LogP contribution is 2.10. The third-order valence-electron chi connectivity index (χ3n) is 4.11. The first kappa shape index (κ1) is 21.4. The Labute approximate surface area is 152 Å². The van der Waals surface area contributed by atoms with Crippen molar-refractivity contribution in [2.24, 2.45) is 4.99 Å². The molecule has 25 heavy (non-hydrogen) atoms. The number of nitrogens with zero attached hydrogens (tertiary/aromatic N) is 2. The van der Waals surface area contributed by atoms with Crippen LogP contribution in [0.15, 0.2) is 34.2 Å². The van der Waals surface area contributed by atoms with E-state index in [0.717, 1.165) is 44.1 Å². The summed E-state index contributed by atoms with van der Waals surface area (Å²) in [5.41, 5.74) is 1.09. The number of guanidine groups is 1. The minimum atomic E-state index is -3.13. The molecule has 0 aliphatic rings. The van der Waals surface area contributed by atoms with E-state index < -0.39 is 9.84 Å². The molecule has 0 aliphatic heterocycles. The highest BCUT2D eigenvalue weighted by atomic mass is 32.2. The minimum absolute atomic E-state index is 0.354. The van der Waals surface area contributed by atoms with Gasteiger partial charge < -0.3 is 10.6 Å². The van der Waals surface area contributed by atoms with Crippen LogP contribution in [0.3, 0.4) is 0 Å². The highest BCUT2D eigenvalue weighted by molar-refractivity contribution is 7.90. The van der Waals surface area contributed by atoms with Gasteiger partial charge in [-0.25, -0.2) is 8.42 Å². The summed E-state index contributed by atoms with van der Waals surface area (Å²) in [6.45, 7) is 10.2. The Morgan fingerprint density at radius 1 is 1.16 bits per heavy atom. The quantitative estimate of drug-likeness (QED) is 0.511. The third-order valence-corrected chi connectivity index (χ3v) is 5.24. The van der Waals surface area contributed by atoms with Crippen LogP contribution < -0.4 is 10.6 Å². The first-order valence-corrected chi connectivity index (χ1v) is 10.6. The van der Waals surface area contributed by atoms with E-state index in [-0.39, 0.29) is 0 Å². The van der Waals surface area contributed by atoms with E-state index in [4.69, 9.17) is 0 Å². The van der Waals surface area contributed by atoms with Crippen LogP contribution in [0.5, 0.6) is 0 Å². The largest absolute Gasteiger partial charge is 0.356 e. The smallest absolute Gasteiger partial charge is 0.191 e. The second-order valence-electron chi connectivity index (χ2n) is 6.31. The summed E-state index contributed by atoms with van der Waals surface area (Å²) < 4.78 is 22.9. The fourth-order valence-electron chi connectivity index (χ4n) is 2.55. The molecule has 7 heteroatoms. The van der Waals surface area contributed by atoms with Gasteiger partial charge in [0.1, 0.15) is 0 Å². The summed E-state index contributed by atoms with van der Waals surface area (Å²) in [5, 5.41) is 6.61. The molecule has 0 radical (unpaired) electrons. The normalized spacial score (nSPS) is 12.7. The van der Waals surface area contributed by atoms with E-state index in [9.17, 15) is 8.42 Å². The van der Waals surface area contributed by atoms with Crippen molar-refractivity contribution >= 4 is 15.8 Å². The highest BCUT2D eigenvalue weighted by Gasteiger charge is 2.07. The topological polar surface area (TPSA) is 73.8 Å². The maximum atomic E-state index is 11.5. The predicted octanol–water partition coefficient (Wildman–Crippen LogP) is 1.53. The van der Waals surface area contributed by atoms with Crippen molar-refractivity contribution in [3.8, 4) is 0 Å². The van der Waals surface area contributed by atoms with Gasteiger partial charge in [-0.1, -0.05) is 19.1 Å². The fraction of sp³-hybridized carbons (Fsp3) is 0.611. The summed E-state index contributed by atoms with van der Waals surface area (Å²) in [5.74, 6) is 0.785. The number of nitrogens with one attached hydrogen (secondary N) is 2. The Morgan fingerprint density at radius 3 is 2.24 bits per heavy atom. The van der Waals surface area contributed by atoms with Crippen LogP contribution in [-0.4, -0.2) is 64.8 Å². The van der Waals surface area contributed by atoms with Crippen molar-refractivity contribution in [3.05, 3.63) is 29.8 Å². The Balaban J connectivity index is 2.38. The van der Waals surface area contributed by atoms with Gasteiger partial charge in [0.2, 0.25) is 0 Å². The van der Waals surface area contributed by atoms with E-state index in [0.29, 0.717) is 10.9 Å². The van der Waals surface area contributed by atoms with Crippen LogP contribution in [0.2, 0.25) is 0 Å². The van der Waals surface area contributed by atoms with Gasteiger partial charge in [-0.2, -0.15) is 0 Å². The first-order valence-electron chi connectivity index (χ1n) is 8.75. The lowest BCUT2D eigenvalue weighted by molar-refractivity contribution is 0.237. The van der Waals surface area contributed by atoms with Gasteiger partial charge in [-0.15, -0.1) is 0 Å². The zero-order valence-electron chi connectivity index (χ0n) is 16.0. The Hall–Kier alpha value is -1.60. The average molecular weight is 369 g/mol. The summed E-state index contributed by atoms with van der Waals surface area (Å²) in [4.78, 5) is 6.98. The molecule has 0 amide bonds. The van der Waals surface area contributed by atoms with Crippen molar-refractivity contribution in [1.29, 1.82) is 0 Å². The molecule has 1 aromatic carbocycles. The number of hydrogen-bond acceptors (Lipinski definition) is 4. The molecular weight excluding hydrogens is 336 g/mol. The average Bonchev–Trinajstić information content (AvgIpc) is 2.56. The van der Waals surface area contributed by atoms with E-state index >= 15 is 0 Å². The zero-order chi connectivity index (χ0) is 18.9. The second kappa shape index (κ2) is 10.4.